The molecule has 0 radical (unpaired) electrons. The molecule has 1 saturated heterocycles. The van der Waals surface area contributed by atoms with Crippen LogP contribution in [0.1, 0.15) is 39.5 Å². The third-order valence-corrected chi connectivity index (χ3v) is 4.30. The summed E-state index contributed by atoms with van der Waals surface area (Å²) in [6.07, 6.45) is 6.43. The first-order chi connectivity index (χ1) is 11.6. The van der Waals surface area contributed by atoms with Crippen molar-refractivity contribution in [3.8, 4) is 0 Å². The minimum atomic E-state index is -0.0832. The summed E-state index contributed by atoms with van der Waals surface area (Å²) in [6.45, 7) is 5.86. The maximum Gasteiger partial charge on any atom is 0.225 e. The molecule has 24 heavy (non-hydrogen) atoms. The molecule has 2 rings (SSSR count). The highest BCUT2D eigenvalue weighted by atomic mass is 16.2. The zero-order chi connectivity index (χ0) is 17.4. The van der Waals surface area contributed by atoms with E-state index >= 15 is 0 Å². The molecule has 0 spiro atoms. The van der Waals surface area contributed by atoms with E-state index in [1.807, 2.05) is 18.7 Å². The summed E-state index contributed by atoms with van der Waals surface area (Å²) in [5, 5.41) is 5.78. The van der Waals surface area contributed by atoms with Gasteiger partial charge in [-0.1, -0.05) is 6.92 Å². The summed E-state index contributed by atoms with van der Waals surface area (Å²) in [6, 6.07) is 1.95. The van der Waals surface area contributed by atoms with Crippen molar-refractivity contribution in [2.24, 2.45) is 5.92 Å². The van der Waals surface area contributed by atoms with Gasteiger partial charge in [-0.05, 0) is 32.3 Å². The van der Waals surface area contributed by atoms with Crippen LogP contribution in [0.2, 0.25) is 0 Å². The standard InChI is InChI=1S/C17H27N5O2/c1-3-13(2)21-15(23)7-10-18-16(24)14-6-4-11-22(12-14)17-19-8-5-9-20-17/h5,8-9,13-14H,3-4,6-7,10-12H2,1-2H3,(H,18,24)(H,21,23). The zero-order valence-corrected chi connectivity index (χ0v) is 14.5. The average molecular weight is 333 g/mol. The second-order valence-electron chi connectivity index (χ2n) is 6.25. The van der Waals surface area contributed by atoms with E-state index in [1.54, 1.807) is 18.5 Å². The van der Waals surface area contributed by atoms with Crippen LogP contribution in [0, 0.1) is 5.92 Å². The van der Waals surface area contributed by atoms with Crippen molar-refractivity contribution < 1.29 is 9.59 Å². The summed E-state index contributed by atoms with van der Waals surface area (Å²) >= 11 is 0. The minimum Gasteiger partial charge on any atom is -0.355 e. The summed E-state index contributed by atoms with van der Waals surface area (Å²) < 4.78 is 0. The Morgan fingerprint density at radius 3 is 2.83 bits per heavy atom. The Labute approximate surface area is 143 Å². The third kappa shape index (κ3) is 5.47. The van der Waals surface area contributed by atoms with Gasteiger partial charge in [0.15, 0.2) is 0 Å². The Morgan fingerprint density at radius 2 is 2.12 bits per heavy atom. The maximum atomic E-state index is 12.3. The fourth-order valence-electron chi connectivity index (χ4n) is 2.72. The molecule has 2 N–H and O–H groups in total. The number of aromatic nitrogens is 2. The Balaban J connectivity index is 1.75. The number of hydrogen-bond acceptors (Lipinski definition) is 5. The number of hydrogen-bond donors (Lipinski definition) is 2. The number of rotatable bonds is 7. The van der Waals surface area contributed by atoms with Crippen LogP contribution in [0.3, 0.4) is 0 Å². The topological polar surface area (TPSA) is 87.2 Å². The Bertz CT molecular complexity index is 537. The molecule has 0 aromatic carbocycles. The van der Waals surface area contributed by atoms with Crippen molar-refractivity contribution in [2.75, 3.05) is 24.5 Å². The van der Waals surface area contributed by atoms with E-state index in [9.17, 15) is 9.59 Å². The largest absolute Gasteiger partial charge is 0.355 e. The van der Waals surface area contributed by atoms with Gasteiger partial charge in [-0.25, -0.2) is 9.97 Å². The van der Waals surface area contributed by atoms with Crippen molar-refractivity contribution in [3.05, 3.63) is 18.5 Å². The molecule has 1 aliphatic rings. The molecule has 7 heteroatoms. The fourth-order valence-corrected chi connectivity index (χ4v) is 2.72. The van der Waals surface area contributed by atoms with Crippen LogP contribution in [-0.4, -0.2) is 47.5 Å². The average Bonchev–Trinajstić information content (AvgIpc) is 2.62. The fraction of sp³-hybridized carbons (Fsp3) is 0.647. The molecule has 1 aromatic rings. The van der Waals surface area contributed by atoms with E-state index in [-0.39, 0.29) is 23.8 Å². The first-order valence-corrected chi connectivity index (χ1v) is 8.69. The predicted octanol–water partition coefficient (Wildman–Crippen LogP) is 1.11. The highest BCUT2D eigenvalue weighted by Crippen LogP contribution is 2.19. The second-order valence-corrected chi connectivity index (χ2v) is 6.25. The van der Waals surface area contributed by atoms with Crippen molar-refractivity contribution in [2.45, 2.75) is 45.6 Å². The third-order valence-electron chi connectivity index (χ3n) is 4.30. The van der Waals surface area contributed by atoms with Crippen molar-refractivity contribution in [1.29, 1.82) is 0 Å². The lowest BCUT2D eigenvalue weighted by Crippen LogP contribution is -2.44. The molecule has 2 heterocycles. The Morgan fingerprint density at radius 1 is 1.38 bits per heavy atom. The SMILES string of the molecule is CCC(C)NC(=O)CCNC(=O)C1CCCN(c2ncccn2)C1. The molecule has 1 aromatic heterocycles. The van der Waals surface area contributed by atoms with Crippen molar-refractivity contribution >= 4 is 17.8 Å². The van der Waals surface area contributed by atoms with Crippen LogP contribution in [0.4, 0.5) is 5.95 Å². The van der Waals surface area contributed by atoms with Crippen LogP contribution in [0.5, 0.6) is 0 Å². The lowest BCUT2D eigenvalue weighted by atomic mass is 9.97. The number of piperidine rings is 1. The molecule has 1 fully saturated rings. The van der Waals surface area contributed by atoms with Gasteiger partial charge in [0.1, 0.15) is 0 Å². The molecular formula is C17H27N5O2. The Hall–Kier alpha value is -2.18. The summed E-state index contributed by atoms with van der Waals surface area (Å²) in [7, 11) is 0. The quantitative estimate of drug-likeness (QED) is 0.781. The molecule has 0 bridgehead atoms. The number of anilines is 1. The minimum absolute atomic E-state index is 0.00645. The van der Waals surface area contributed by atoms with Crippen LogP contribution >= 0.6 is 0 Å². The molecule has 2 amide bonds. The van der Waals surface area contributed by atoms with E-state index in [2.05, 4.69) is 20.6 Å². The lowest BCUT2D eigenvalue weighted by molar-refractivity contribution is -0.125. The van der Waals surface area contributed by atoms with Crippen LogP contribution in [0.25, 0.3) is 0 Å². The van der Waals surface area contributed by atoms with E-state index < -0.39 is 0 Å². The zero-order valence-electron chi connectivity index (χ0n) is 14.5. The van der Waals surface area contributed by atoms with E-state index in [1.165, 1.54) is 0 Å². The first-order valence-electron chi connectivity index (χ1n) is 8.69. The Kier molecular flexibility index (Phi) is 6.96. The van der Waals surface area contributed by atoms with Gasteiger partial charge in [0.05, 0.1) is 5.92 Å². The molecule has 2 atom stereocenters. The van der Waals surface area contributed by atoms with Crippen LogP contribution in [0.15, 0.2) is 18.5 Å². The van der Waals surface area contributed by atoms with Gasteiger partial charge < -0.3 is 15.5 Å². The number of amides is 2. The predicted molar refractivity (Wildman–Crippen MR) is 92.5 cm³/mol. The first kappa shape index (κ1) is 18.2. The lowest BCUT2D eigenvalue weighted by Gasteiger charge is -2.31. The van der Waals surface area contributed by atoms with Gasteiger partial charge >= 0.3 is 0 Å². The maximum absolute atomic E-state index is 12.3. The van der Waals surface area contributed by atoms with Gasteiger partial charge in [-0.2, -0.15) is 0 Å². The van der Waals surface area contributed by atoms with Crippen LogP contribution < -0.4 is 15.5 Å². The van der Waals surface area contributed by atoms with Gasteiger partial charge in [0.25, 0.3) is 0 Å². The summed E-state index contributed by atoms with van der Waals surface area (Å²) in [4.78, 5) is 34.6. The highest BCUT2D eigenvalue weighted by Gasteiger charge is 2.26. The van der Waals surface area contributed by atoms with Crippen molar-refractivity contribution in [3.63, 3.8) is 0 Å². The second kappa shape index (κ2) is 9.20. The van der Waals surface area contributed by atoms with Gasteiger partial charge in [-0.3, -0.25) is 9.59 Å². The number of nitrogens with zero attached hydrogens (tertiary/aromatic N) is 3. The van der Waals surface area contributed by atoms with Crippen LogP contribution in [-0.2, 0) is 9.59 Å². The number of nitrogens with one attached hydrogen (secondary N) is 2. The molecule has 132 valence electrons. The normalized spacial score (nSPS) is 18.8. The van der Waals surface area contributed by atoms with Gasteiger partial charge in [0.2, 0.25) is 17.8 Å². The van der Waals surface area contributed by atoms with E-state index in [0.29, 0.717) is 25.5 Å². The molecule has 1 aliphatic heterocycles. The summed E-state index contributed by atoms with van der Waals surface area (Å²) in [5.41, 5.74) is 0. The molecule has 0 aliphatic carbocycles. The molecule has 7 nitrogen and oxygen atoms in total. The number of carbonyl (C=O) groups is 2. The summed E-state index contributed by atoms with van der Waals surface area (Å²) in [5.74, 6) is 0.572. The molecular weight excluding hydrogens is 306 g/mol. The number of carbonyl (C=O) groups excluding carboxylic acids is 2. The van der Waals surface area contributed by atoms with Gasteiger partial charge in [0, 0.05) is 44.5 Å². The molecule has 2 unspecified atom stereocenters. The van der Waals surface area contributed by atoms with Gasteiger partial charge in [-0.15, -0.1) is 0 Å². The molecule has 0 saturated carbocycles. The van der Waals surface area contributed by atoms with Crippen molar-refractivity contribution in [1.82, 2.24) is 20.6 Å². The monoisotopic (exact) mass is 333 g/mol. The smallest absolute Gasteiger partial charge is 0.225 e. The van der Waals surface area contributed by atoms with E-state index in [4.69, 9.17) is 0 Å². The highest BCUT2D eigenvalue weighted by molar-refractivity contribution is 5.81. The van der Waals surface area contributed by atoms with E-state index in [0.717, 1.165) is 25.8 Å².